The predicted octanol–water partition coefficient (Wildman–Crippen LogP) is 2.25. The monoisotopic (exact) mass is 253 g/mol. The van der Waals surface area contributed by atoms with E-state index in [2.05, 4.69) is 16.4 Å². The molecule has 2 rings (SSSR count). The average molecular weight is 253 g/mol. The van der Waals surface area contributed by atoms with Crippen molar-refractivity contribution in [3.05, 3.63) is 59.4 Å². The number of hydrogen-bond donors (Lipinski definition) is 1. The minimum absolute atomic E-state index is 0.552. The molecular weight excluding hydrogens is 238 g/mol. The van der Waals surface area contributed by atoms with E-state index in [1.54, 1.807) is 19.4 Å². The Kier molecular flexibility index (Phi) is 4.49. The third-order valence-corrected chi connectivity index (χ3v) is 2.75. The second-order valence-electron chi connectivity index (χ2n) is 4.07. The van der Waals surface area contributed by atoms with Gasteiger partial charge < -0.3 is 10.1 Å². The molecule has 0 amide bonds. The Bertz CT molecular complexity index is 576. The van der Waals surface area contributed by atoms with Crippen LogP contribution in [0.4, 0.5) is 0 Å². The number of nitrogens with one attached hydrogen (secondary N) is 1. The first-order valence-electron chi connectivity index (χ1n) is 6.01. The fourth-order valence-corrected chi connectivity index (χ4v) is 1.78. The van der Waals surface area contributed by atoms with E-state index in [4.69, 9.17) is 10.00 Å². The molecule has 1 aromatic carbocycles. The van der Waals surface area contributed by atoms with Crippen LogP contribution in [0.15, 0.2) is 42.6 Å². The van der Waals surface area contributed by atoms with Crippen molar-refractivity contribution in [3.63, 3.8) is 0 Å². The highest BCUT2D eigenvalue weighted by Gasteiger charge is 2.03. The molecule has 0 spiro atoms. The van der Waals surface area contributed by atoms with Gasteiger partial charge in [-0.15, -0.1) is 0 Å². The number of pyridine rings is 1. The SMILES string of the molecule is COc1cc(CNCc2ccccn2)ccc1C#N. The Balaban J connectivity index is 1.95. The lowest BCUT2D eigenvalue weighted by Crippen LogP contribution is -2.13. The summed E-state index contributed by atoms with van der Waals surface area (Å²) in [5.41, 5.74) is 2.63. The number of benzene rings is 1. The lowest BCUT2D eigenvalue weighted by molar-refractivity contribution is 0.412. The molecule has 1 N–H and O–H groups in total. The van der Waals surface area contributed by atoms with E-state index < -0.39 is 0 Å². The van der Waals surface area contributed by atoms with Gasteiger partial charge in [-0.2, -0.15) is 5.26 Å². The first-order valence-corrected chi connectivity index (χ1v) is 6.01. The Morgan fingerprint density at radius 1 is 1.26 bits per heavy atom. The second kappa shape index (κ2) is 6.53. The molecule has 2 aromatic rings. The molecule has 0 aliphatic heterocycles. The van der Waals surface area contributed by atoms with Crippen molar-refractivity contribution in [2.24, 2.45) is 0 Å². The molecule has 4 heteroatoms. The van der Waals surface area contributed by atoms with Gasteiger partial charge in [0.1, 0.15) is 11.8 Å². The van der Waals surface area contributed by atoms with Crippen molar-refractivity contribution in [2.45, 2.75) is 13.1 Å². The van der Waals surface area contributed by atoms with Gasteiger partial charge in [-0.25, -0.2) is 0 Å². The van der Waals surface area contributed by atoms with Gasteiger partial charge >= 0.3 is 0 Å². The molecule has 1 aromatic heterocycles. The largest absolute Gasteiger partial charge is 0.495 e. The molecule has 0 aliphatic carbocycles. The number of rotatable bonds is 5. The van der Waals surface area contributed by atoms with Crippen molar-refractivity contribution in [3.8, 4) is 11.8 Å². The fourth-order valence-electron chi connectivity index (χ4n) is 1.78. The zero-order valence-electron chi connectivity index (χ0n) is 10.8. The average Bonchev–Trinajstić information content (AvgIpc) is 2.48. The minimum atomic E-state index is 0.552. The van der Waals surface area contributed by atoms with E-state index in [1.165, 1.54) is 0 Å². The third-order valence-electron chi connectivity index (χ3n) is 2.75. The zero-order valence-corrected chi connectivity index (χ0v) is 10.8. The second-order valence-corrected chi connectivity index (χ2v) is 4.07. The summed E-state index contributed by atoms with van der Waals surface area (Å²) in [4.78, 5) is 4.24. The summed E-state index contributed by atoms with van der Waals surface area (Å²) < 4.78 is 5.18. The standard InChI is InChI=1S/C15H15N3O/c1-19-15-8-12(5-6-13(15)9-16)10-17-11-14-4-2-3-7-18-14/h2-8,17H,10-11H2,1H3. The minimum Gasteiger partial charge on any atom is -0.495 e. The van der Waals surface area contributed by atoms with Crippen LogP contribution in [0.1, 0.15) is 16.8 Å². The lowest BCUT2D eigenvalue weighted by atomic mass is 10.1. The molecule has 96 valence electrons. The summed E-state index contributed by atoms with van der Waals surface area (Å²) in [6, 6.07) is 13.5. The molecule has 0 saturated heterocycles. The van der Waals surface area contributed by atoms with E-state index in [1.807, 2.05) is 30.3 Å². The van der Waals surface area contributed by atoms with E-state index in [0.29, 0.717) is 24.4 Å². The highest BCUT2D eigenvalue weighted by molar-refractivity contribution is 5.45. The van der Waals surface area contributed by atoms with E-state index >= 15 is 0 Å². The van der Waals surface area contributed by atoms with Crippen molar-refractivity contribution in [1.29, 1.82) is 5.26 Å². The molecule has 0 atom stereocenters. The maximum Gasteiger partial charge on any atom is 0.136 e. The fraction of sp³-hybridized carbons (Fsp3) is 0.200. The van der Waals surface area contributed by atoms with E-state index in [9.17, 15) is 0 Å². The van der Waals surface area contributed by atoms with Crippen LogP contribution in [-0.4, -0.2) is 12.1 Å². The summed E-state index contributed by atoms with van der Waals surface area (Å²) in [6.45, 7) is 1.42. The Morgan fingerprint density at radius 2 is 2.16 bits per heavy atom. The summed E-state index contributed by atoms with van der Waals surface area (Å²) in [7, 11) is 1.57. The Hall–Kier alpha value is -2.38. The molecule has 1 heterocycles. The van der Waals surface area contributed by atoms with E-state index in [-0.39, 0.29) is 0 Å². The molecule has 0 bridgehead atoms. The molecular formula is C15H15N3O. The number of hydrogen-bond acceptors (Lipinski definition) is 4. The normalized spacial score (nSPS) is 9.89. The van der Waals surface area contributed by atoms with Crippen LogP contribution in [0.25, 0.3) is 0 Å². The first-order chi connectivity index (χ1) is 9.33. The third kappa shape index (κ3) is 3.54. The number of nitrogens with zero attached hydrogens (tertiary/aromatic N) is 2. The maximum absolute atomic E-state index is 8.91. The van der Waals surface area contributed by atoms with Gasteiger partial charge in [0, 0.05) is 19.3 Å². The summed E-state index contributed by atoms with van der Waals surface area (Å²) in [6.07, 6.45) is 1.78. The number of ether oxygens (including phenoxy) is 1. The van der Waals surface area contributed by atoms with Gasteiger partial charge in [0.15, 0.2) is 0 Å². The number of nitriles is 1. The van der Waals surface area contributed by atoms with Crippen LogP contribution in [0.2, 0.25) is 0 Å². The lowest BCUT2D eigenvalue weighted by Gasteiger charge is -2.07. The Labute approximate surface area is 112 Å². The smallest absolute Gasteiger partial charge is 0.136 e. The van der Waals surface area contributed by atoms with Crippen molar-refractivity contribution in [1.82, 2.24) is 10.3 Å². The molecule has 0 unspecified atom stereocenters. The van der Waals surface area contributed by atoms with Crippen LogP contribution < -0.4 is 10.1 Å². The molecule has 0 saturated carbocycles. The van der Waals surface area contributed by atoms with Crippen molar-refractivity contribution < 1.29 is 4.74 Å². The quantitative estimate of drug-likeness (QED) is 0.888. The molecule has 4 nitrogen and oxygen atoms in total. The molecule has 0 fully saturated rings. The van der Waals surface area contributed by atoms with Crippen molar-refractivity contribution >= 4 is 0 Å². The molecule has 19 heavy (non-hydrogen) atoms. The van der Waals surface area contributed by atoms with Gasteiger partial charge in [0.25, 0.3) is 0 Å². The topological polar surface area (TPSA) is 57.9 Å². The summed E-state index contributed by atoms with van der Waals surface area (Å²) >= 11 is 0. The molecule has 0 aliphatic rings. The van der Waals surface area contributed by atoms with Crippen LogP contribution >= 0.6 is 0 Å². The van der Waals surface area contributed by atoms with Crippen LogP contribution in [0.5, 0.6) is 5.75 Å². The summed E-state index contributed by atoms with van der Waals surface area (Å²) in [5, 5.41) is 12.2. The first kappa shape index (κ1) is 13.1. The predicted molar refractivity (Wildman–Crippen MR) is 72.5 cm³/mol. The number of methoxy groups -OCH3 is 1. The van der Waals surface area contributed by atoms with Crippen LogP contribution in [0, 0.1) is 11.3 Å². The van der Waals surface area contributed by atoms with E-state index in [0.717, 1.165) is 11.3 Å². The number of aromatic nitrogens is 1. The molecule has 0 radical (unpaired) electrons. The van der Waals surface area contributed by atoms with Crippen molar-refractivity contribution in [2.75, 3.05) is 7.11 Å². The van der Waals surface area contributed by atoms with Gasteiger partial charge in [-0.05, 0) is 29.8 Å². The van der Waals surface area contributed by atoms with Gasteiger partial charge in [0.2, 0.25) is 0 Å². The van der Waals surface area contributed by atoms with Gasteiger partial charge in [-0.3, -0.25) is 4.98 Å². The highest BCUT2D eigenvalue weighted by atomic mass is 16.5. The maximum atomic E-state index is 8.91. The van der Waals surface area contributed by atoms with Crippen LogP contribution in [0.3, 0.4) is 0 Å². The summed E-state index contributed by atoms with van der Waals surface area (Å²) in [5.74, 6) is 0.611. The highest BCUT2D eigenvalue weighted by Crippen LogP contribution is 2.19. The van der Waals surface area contributed by atoms with Crippen LogP contribution in [-0.2, 0) is 13.1 Å². The Morgan fingerprint density at radius 3 is 2.84 bits per heavy atom. The van der Waals surface area contributed by atoms with Gasteiger partial charge in [0.05, 0.1) is 18.4 Å². The zero-order chi connectivity index (χ0) is 13.5. The van der Waals surface area contributed by atoms with Gasteiger partial charge in [-0.1, -0.05) is 12.1 Å².